The second-order valence-corrected chi connectivity index (χ2v) is 10.2. The first-order chi connectivity index (χ1) is 16.8. The van der Waals surface area contributed by atoms with Crippen LogP contribution < -0.4 is 14.9 Å². The van der Waals surface area contributed by atoms with Gasteiger partial charge in [0.2, 0.25) is 0 Å². The summed E-state index contributed by atoms with van der Waals surface area (Å²) in [6, 6.07) is 25.7. The minimum Gasteiger partial charge on any atom is -0.392 e. The molecule has 0 atom stereocenters. The fourth-order valence-corrected chi connectivity index (χ4v) is 4.92. The number of hydrogen-bond acceptors (Lipinski definition) is 5. The monoisotopic (exact) mass is 505 g/mol. The Bertz CT molecular complexity index is 1490. The van der Waals surface area contributed by atoms with Gasteiger partial charge in [0.25, 0.3) is 15.9 Å². The van der Waals surface area contributed by atoms with Crippen LogP contribution in [0.25, 0.3) is 10.8 Å². The molecule has 0 saturated carbocycles. The lowest BCUT2D eigenvalue weighted by Gasteiger charge is -2.19. The van der Waals surface area contributed by atoms with Gasteiger partial charge in [-0.1, -0.05) is 36.4 Å². The van der Waals surface area contributed by atoms with Crippen molar-refractivity contribution in [3.05, 3.63) is 102 Å². The van der Waals surface area contributed by atoms with Crippen LogP contribution in [0.5, 0.6) is 0 Å². The number of carbonyl (C=O) groups is 1. The van der Waals surface area contributed by atoms with E-state index in [1.165, 1.54) is 23.5 Å². The fraction of sp³-hybridized carbons (Fsp3) is 0.0769. The van der Waals surface area contributed by atoms with E-state index in [4.69, 9.17) is 12.2 Å². The minimum absolute atomic E-state index is 0.0469. The van der Waals surface area contributed by atoms with Crippen LogP contribution in [-0.4, -0.2) is 31.6 Å². The van der Waals surface area contributed by atoms with Crippen LogP contribution in [0.2, 0.25) is 0 Å². The van der Waals surface area contributed by atoms with E-state index >= 15 is 0 Å². The number of nitrogens with one attached hydrogen (secondary N) is 2. The third-order valence-electron chi connectivity index (χ3n) is 5.47. The van der Waals surface area contributed by atoms with E-state index in [1.54, 1.807) is 54.6 Å². The lowest BCUT2D eigenvalue weighted by atomic mass is 10.0. The summed E-state index contributed by atoms with van der Waals surface area (Å²) >= 11 is 5.26. The van der Waals surface area contributed by atoms with Crippen LogP contribution in [0.4, 0.5) is 11.4 Å². The zero-order chi connectivity index (χ0) is 25.0. The number of benzene rings is 4. The number of sulfonamides is 1. The Morgan fingerprint density at radius 2 is 1.57 bits per heavy atom. The predicted octanol–water partition coefficient (Wildman–Crippen LogP) is 4.28. The van der Waals surface area contributed by atoms with Crippen molar-refractivity contribution in [2.45, 2.75) is 11.5 Å². The Morgan fingerprint density at radius 3 is 2.26 bits per heavy atom. The van der Waals surface area contributed by atoms with Crippen LogP contribution in [0.15, 0.2) is 95.9 Å². The summed E-state index contributed by atoms with van der Waals surface area (Å²) < 4.78 is 27.0. The van der Waals surface area contributed by atoms with Gasteiger partial charge < -0.3 is 10.4 Å². The number of rotatable bonds is 6. The average Bonchev–Trinajstić information content (AvgIpc) is 2.88. The number of hydrogen-bond donors (Lipinski definition) is 3. The van der Waals surface area contributed by atoms with Gasteiger partial charge in [-0.2, -0.15) is 0 Å². The Kier molecular flexibility index (Phi) is 7.11. The number of fused-ring (bicyclic) bond motifs is 1. The number of carbonyl (C=O) groups excluding carboxylic acids is 1. The molecule has 4 aromatic carbocycles. The largest absolute Gasteiger partial charge is 0.392 e. The molecule has 178 valence electrons. The van der Waals surface area contributed by atoms with Gasteiger partial charge in [0.1, 0.15) is 0 Å². The maximum atomic E-state index is 12.9. The quantitative estimate of drug-likeness (QED) is 0.338. The highest BCUT2D eigenvalue weighted by Crippen LogP contribution is 2.23. The Labute approximate surface area is 209 Å². The highest BCUT2D eigenvalue weighted by atomic mass is 32.2. The normalized spacial score (nSPS) is 11.1. The number of anilines is 2. The average molecular weight is 506 g/mol. The third-order valence-corrected chi connectivity index (χ3v) is 7.47. The maximum absolute atomic E-state index is 12.9. The van der Waals surface area contributed by atoms with Crippen LogP contribution >= 0.6 is 12.2 Å². The van der Waals surface area contributed by atoms with Crippen LogP contribution in [0.1, 0.15) is 15.9 Å². The number of nitrogens with zero attached hydrogens (tertiary/aromatic N) is 1. The minimum atomic E-state index is -3.73. The number of thiocarbonyl (C=S) groups is 1. The van der Waals surface area contributed by atoms with E-state index < -0.39 is 10.0 Å². The molecule has 9 heteroatoms. The highest BCUT2D eigenvalue weighted by Gasteiger charge is 2.21. The molecule has 0 unspecified atom stereocenters. The summed E-state index contributed by atoms with van der Waals surface area (Å²) in [6.07, 6.45) is 0. The van der Waals surface area contributed by atoms with E-state index in [0.29, 0.717) is 16.9 Å². The number of para-hydroxylation sites is 1. The van der Waals surface area contributed by atoms with Gasteiger partial charge in [0.15, 0.2) is 5.11 Å². The summed E-state index contributed by atoms with van der Waals surface area (Å²) in [4.78, 5) is 12.8. The Hall–Kier alpha value is -3.79. The van der Waals surface area contributed by atoms with E-state index in [1.807, 2.05) is 24.3 Å². The molecule has 4 rings (SSSR count). The molecule has 0 aromatic heterocycles. The second-order valence-electron chi connectivity index (χ2n) is 7.80. The van der Waals surface area contributed by atoms with Gasteiger partial charge in [-0.15, -0.1) is 0 Å². The topological polar surface area (TPSA) is 98.7 Å². The summed E-state index contributed by atoms with van der Waals surface area (Å²) in [5, 5.41) is 16.7. The molecule has 3 N–H and O–H groups in total. The summed E-state index contributed by atoms with van der Waals surface area (Å²) in [5.74, 6) is -0.376. The van der Waals surface area contributed by atoms with E-state index in [9.17, 15) is 18.3 Å². The van der Waals surface area contributed by atoms with Gasteiger partial charge in [-0.05, 0) is 83.2 Å². The lowest BCUT2D eigenvalue weighted by Crippen LogP contribution is -2.34. The first-order valence-electron chi connectivity index (χ1n) is 10.7. The molecule has 0 bridgehead atoms. The van der Waals surface area contributed by atoms with Gasteiger partial charge in [0.05, 0.1) is 17.2 Å². The van der Waals surface area contributed by atoms with Crippen molar-refractivity contribution in [2.75, 3.05) is 16.7 Å². The first kappa shape index (κ1) is 24.3. The fourth-order valence-electron chi connectivity index (χ4n) is 3.52. The third kappa shape index (κ3) is 5.48. The Morgan fingerprint density at radius 1 is 0.914 bits per heavy atom. The number of aliphatic hydroxyl groups excluding tert-OH is 1. The Balaban J connectivity index is 1.41. The van der Waals surface area contributed by atoms with Crippen LogP contribution in [-0.2, 0) is 16.6 Å². The van der Waals surface area contributed by atoms with E-state index in [0.717, 1.165) is 16.3 Å². The number of aliphatic hydroxyl groups is 1. The molecule has 0 radical (unpaired) electrons. The highest BCUT2D eigenvalue weighted by molar-refractivity contribution is 7.92. The summed E-state index contributed by atoms with van der Waals surface area (Å²) in [6.45, 7) is -0.0469. The smallest absolute Gasteiger partial charge is 0.264 e. The molecule has 4 aromatic rings. The standard InChI is InChI=1S/C26H23N3O4S2/c1-29(23-5-3-2-4-6-23)35(32,33)24-13-11-22(12-14-24)27-26(34)28-25(31)21-10-9-19-15-18(17-30)7-8-20(19)16-21/h2-16,30H,17H2,1H3,(H2,27,28,31,34). The van der Waals surface area contributed by atoms with Gasteiger partial charge in [-0.25, -0.2) is 8.42 Å². The molecule has 0 spiro atoms. The van der Waals surface area contributed by atoms with Crippen molar-refractivity contribution in [3.8, 4) is 0 Å². The molecular weight excluding hydrogens is 482 g/mol. The zero-order valence-corrected chi connectivity index (χ0v) is 20.4. The number of amides is 1. The second kappa shape index (κ2) is 10.2. The van der Waals surface area contributed by atoms with Crippen LogP contribution in [0, 0.1) is 0 Å². The predicted molar refractivity (Wildman–Crippen MR) is 142 cm³/mol. The van der Waals surface area contributed by atoms with Crippen molar-refractivity contribution in [3.63, 3.8) is 0 Å². The van der Waals surface area contributed by atoms with Gasteiger partial charge in [0, 0.05) is 18.3 Å². The molecule has 0 aliphatic rings. The van der Waals surface area contributed by atoms with Crippen LogP contribution in [0.3, 0.4) is 0 Å². The van der Waals surface area contributed by atoms with Gasteiger partial charge >= 0.3 is 0 Å². The summed E-state index contributed by atoms with van der Waals surface area (Å²) in [7, 11) is -2.23. The van der Waals surface area contributed by atoms with Gasteiger partial charge in [-0.3, -0.25) is 14.4 Å². The first-order valence-corrected chi connectivity index (χ1v) is 12.5. The SMILES string of the molecule is CN(c1ccccc1)S(=O)(=O)c1ccc(NC(=S)NC(=O)c2ccc3cc(CO)ccc3c2)cc1. The van der Waals surface area contributed by atoms with E-state index in [-0.39, 0.29) is 22.5 Å². The van der Waals surface area contributed by atoms with Crippen molar-refractivity contribution in [2.24, 2.45) is 0 Å². The molecular formula is C26H23N3O4S2. The van der Waals surface area contributed by atoms with Crippen molar-refractivity contribution >= 4 is 55.4 Å². The molecule has 1 amide bonds. The molecule has 35 heavy (non-hydrogen) atoms. The summed E-state index contributed by atoms with van der Waals surface area (Å²) in [5.41, 5.74) is 2.32. The van der Waals surface area contributed by atoms with Crippen molar-refractivity contribution in [1.82, 2.24) is 5.32 Å². The molecule has 0 aliphatic heterocycles. The van der Waals surface area contributed by atoms with Crippen molar-refractivity contribution < 1.29 is 18.3 Å². The molecule has 0 saturated heterocycles. The van der Waals surface area contributed by atoms with Crippen molar-refractivity contribution in [1.29, 1.82) is 0 Å². The lowest BCUT2D eigenvalue weighted by molar-refractivity contribution is 0.0978. The molecule has 0 fully saturated rings. The maximum Gasteiger partial charge on any atom is 0.264 e. The molecule has 0 heterocycles. The molecule has 0 aliphatic carbocycles. The molecule has 7 nitrogen and oxygen atoms in total. The van der Waals surface area contributed by atoms with E-state index in [2.05, 4.69) is 10.6 Å². The zero-order valence-electron chi connectivity index (χ0n) is 18.8.